The molecule has 0 unspecified atom stereocenters. The maximum atomic E-state index is 8.57. The Morgan fingerprint density at radius 1 is 1.71 bits per heavy atom. The van der Waals surface area contributed by atoms with E-state index in [-0.39, 0.29) is 10.7 Å². The topological polar surface area (TPSA) is 87.1 Å². The number of pyridine rings is 1. The molecule has 0 saturated carbocycles. The van der Waals surface area contributed by atoms with Crippen molar-refractivity contribution >= 4 is 28.6 Å². The number of anilines is 1. The van der Waals surface area contributed by atoms with Crippen molar-refractivity contribution in [1.82, 2.24) is 4.98 Å². The van der Waals surface area contributed by atoms with Crippen molar-refractivity contribution < 1.29 is 0 Å². The highest BCUT2D eigenvalue weighted by molar-refractivity contribution is 7.82. The largest absolute Gasteiger partial charge is 0.387 e. The van der Waals surface area contributed by atoms with Crippen molar-refractivity contribution in [3.8, 4) is 6.07 Å². The van der Waals surface area contributed by atoms with Crippen LogP contribution >= 0.6 is 12.2 Å². The zero-order valence-corrected chi connectivity index (χ0v) is 7.95. The van der Waals surface area contributed by atoms with Gasteiger partial charge in [-0.25, -0.2) is 0 Å². The highest BCUT2D eigenvalue weighted by atomic mass is 32.1. The zero-order chi connectivity index (χ0) is 10.4. The van der Waals surface area contributed by atoms with Gasteiger partial charge in [-0.1, -0.05) is 12.2 Å². The van der Waals surface area contributed by atoms with Crippen LogP contribution in [0.25, 0.3) is 0 Å². The van der Waals surface area contributed by atoms with Crippen LogP contribution in [0.5, 0.6) is 0 Å². The number of nitriles is 1. The van der Waals surface area contributed by atoms with Gasteiger partial charge >= 0.3 is 0 Å². The molecule has 3 N–H and O–H groups in total. The van der Waals surface area contributed by atoms with E-state index in [1.165, 1.54) is 0 Å². The Hall–Kier alpha value is -2.00. The van der Waals surface area contributed by atoms with Gasteiger partial charge in [0.2, 0.25) is 0 Å². The summed E-state index contributed by atoms with van der Waals surface area (Å²) in [6, 6.07) is 5.27. The molecule has 0 radical (unpaired) electrons. The van der Waals surface area contributed by atoms with E-state index in [0.717, 1.165) is 0 Å². The van der Waals surface area contributed by atoms with Crippen LogP contribution in [0.3, 0.4) is 0 Å². The summed E-state index contributed by atoms with van der Waals surface area (Å²) in [5, 5.41) is 12.3. The summed E-state index contributed by atoms with van der Waals surface area (Å²) in [5.41, 5.74) is 8.50. The normalized spacial score (nSPS) is 10.4. The number of hydrogen-bond donors (Lipinski definition) is 2. The second-order valence-electron chi connectivity index (χ2n) is 2.29. The van der Waals surface area contributed by atoms with E-state index in [0.29, 0.717) is 5.69 Å². The summed E-state index contributed by atoms with van der Waals surface area (Å²) in [7, 11) is 0. The van der Waals surface area contributed by atoms with E-state index >= 15 is 0 Å². The minimum atomic E-state index is -0.0381. The van der Waals surface area contributed by atoms with Gasteiger partial charge in [-0.15, -0.1) is 0 Å². The lowest BCUT2D eigenvalue weighted by molar-refractivity contribution is 1.27. The van der Waals surface area contributed by atoms with Crippen LogP contribution in [0.1, 0.15) is 0 Å². The molecule has 70 valence electrons. The predicted molar refractivity (Wildman–Crippen MR) is 57.7 cm³/mol. The highest BCUT2D eigenvalue weighted by Crippen LogP contribution is 2.01. The molecule has 0 aliphatic carbocycles. The van der Waals surface area contributed by atoms with Crippen molar-refractivity contribution in [3.63, 3.8) is 0 Å². The SMILES string of the molecule is N#C/C(=N\Nc1cccnc1)C(N)=S. The first-order valence-electron chi connectivity index (χ1n) is 3.67. The molecule has 0 spiro atoms. The number of rotatable bonds is 3. The van der Waals surface area contributed by atoms with Gasteiger partial charge in [0, 0.05) is 6.20 Å². The molecule has 1 aromatic heterocycles. The molecule has 0 aliphatic rings. The van der Waals surface area contributed by atoms with Gasteiger partial charge in [0.05, 0.1) is 11.9 Å². The Bertz CT molecular complexity index is 392. The molecule has 14 heavy (non-hydrogen) atoms. The number of aromatic nitrogens is 1. The Balaban J connectivity index is 2.73. The molecule has 0 aromatic carbocycles. The van der Waals surface area contributed by atoms with Crippen molar-refractivity contribution in [2.24, 2.45) is 10.8 Å². The average molecular weight is 205 g/mol. The van der Waals surface area contributed by atoms with Gasteiger partial charge < -0.3 is 5.73 Å². The third kappa shape index (κ3) is 2.80. The lowest BCUT2D eigenvalue weighted by Gasteiger charge is -1.98. The van der Waals surface area contributed by atoms with Crippen LogP contribution in [0.2, 0.25) is 0 Å². The number of hydrogen-bond acceptors (Lipinski definition) is 5. The molecule has 1 aromatic rings. The van der Waals surface area contributed by atoms with E-state index in [9.17, 15) is 0 Å². The van der Waals surface area contributed by atoms with Crippen LogP contribution in [0.15, 0.2) is 29.6 Å². The molecule has 1 heterocycles. The lowest BCUT2D eigenvalue weighted by atomic mass is 10.4. The molecular formula is C8H7N5S. The maximum absolute atomic E-state index is 8.57. The molecule has 0 bridgehead atoms. The molecular weight excluding hydrogens is 198 g/mol. The first kappa shape index (κ1) is 10.1. The van der Waals surface area contributed by atoms with Crippen molar-refractivity contribution in [2.75, 3.05) is 5.43 Å². The van der Waals surface area contributed by atoms with Gasteiger partial charge in [-0.3, -0.25) is 10.4 Å². The third-order valence-corrected chi connectivity index (χ3v) is 1.49. The quantitative estimate of drug-likeness (QED) is 0.430. The fourth-order valence-corrected chi connectivity index (χ4v) is 0.776. The minimum absolute atomic E-state index is 0.0103. The second kappa shape index (κ2) is 4.89. The summed E-state index contributed by atoms with van der Waals surface area (Å²) in [4.78, 5) is 3.82. The van der Waals surface area contributed by atoms with Crippen molar-refractivity contribution in [2.45, 2.75) is 0 Å². The zero-order valence-electron chi connectivity index (χ0n) is 7.14. The molecule has 1 rings (SSSR count). The van der Waals surface area contributed by atoms with Gasteiger partial charge in [0.25, 0.3) is 0 Å². The van der Waals surface area contributed by atoms with Gasteiger partial charge in [-0.2, -0.15) is 10.4 Å². The molecule has 0 aliphatic heterocycles. The lowest BCUT2D eigenvalue weighted by Crippen LogP contribution is -2.20. The van der Waals surface area contributed by atoms with Crippen molar-refractivity contribution in [1.29, 1.82) is 5.26 Å². The summed E-state index contributed by atoms with van der Waals surface area (Å²) in [5.74, 6) is 0. The number of nitrogens with two attached hydrogens (primary N) is 1. The fourth-order valence-electron chi connectivity index (χ4n) is 0.685. The monoisotopic (exact) mass is 205 g/mol. The Morgan fingerprint density at radius 3 is 3.00 bits per heavy atom. The van der Waals surface area contributed by atoms with E-state index in [4.69, 9.17) is 11.0 Å². The highest BCUT2D eigenvalue weighted by Gasteiger charge is 1.99. The molecule has 5 nitrogen and oxygen atoms in total. The summed E-state index contributed by atoms with van der Waals surface area (Å²) in [6.45, 7) is 0. The van der Waals surface area contributed by atoms with Gasteiger partial charge in [0.15, 0.2) is 5.71 Å². The molecule has 0 amide bonds. The average Bonchev–Trinajstić information content (AvgIpc) is 2.20. The molecule has 0 atom stereocenters. The molecule has 0 fully saturated rings. The fraction of sp³-hybridized carbons (Fsp3) is 0. The Morgan fingerprint density at radius 2 is 2.50 bits per heavy atom. The summed E-state index contributed by atoms with van der Waals surface area (Å²) < 4.78 is 0. The van der Waals surface area contributed by atoms with Crippen LogP contribution in [-0.2, 0) is 0 Å². The van der Waals surface area contributed by atoms with Crippen LogP contribution in [0.4, 0.5) is 5.69 Å². The summed E-state index contributed by atoms with van der Waals surface area (Å²) in [6.07, 6.45) is 3.20. The van der Waals surface area contributed by atoms with Gasteiger partial charge in [0.1, 0.15) is 11.1 Å². The Kier molecular flexibility index (Phi) is 3.52. The standard InChI is InChI=1S/C8H7N5S/c9-4-7(8(10)14)13-12-6-2-1-3-11-5-6/h1-3,5,12H,(H2,10,14)/b13-7+. The van der Waals surface area contributed by atoms with E-state index in [1.807, 2.05) is 0 Å². The van der Waals surface area contributed by atoms with Crippen molar-refractivity contribution in [3.05, 3.63) is 24.5 Å². The van der Waals surface area contributed by atoms with Crippen LogP contribution in [0, 0.1) is 11.3 Å². The smallest absolute Gasteiger partial charge is 0.194 e. The van der Waals surface area contributed by atoms with Gasteiger partial charge in [-0.05, 0) is 12.1 Å². The number of thiocarbonyl (C=S) groups is 1. The molecule has 0 saturated heterocycles. The first-order valence-corrected chi connectivity index (χ1v) is 4.08. The number of nitrogens with one attached hydrogen (secondary N) is 1. The third-order valence-electron chi connectivity index (χ3n) is 1.30. The Labute approximate surface area is 86.3 Å². The predicted octanol–water partition coefficient (Wildman–Crippen LogP) is 0.659. The van der Waals surface area contributed by atoms with Crippen LogP contribution < -0.4 is 11.2 Å². The minimum Gasteiger partial charge on any atom is -0.387 e. The van der Waals surface area contributed by atoms with E-state index in [2.05, 4.69) is 27.7 Å². The molecule has 6 heteroatoms. The van der Waals surface area contributed by atoms with E-state index < -0.39 is 0 Å². The second-order valence-corrected chi connectivity index (χ2v) is 2.73. The summed E-state index contributed by atoms with van der Waals surface area (Å²) >= 11 is 4.60. The number of hydrazone groups is 1. The first-order chi connectivity index (χ1) is 6.74. The van der Waals surface area contributed by atoms with Crippen LogP contribution in [-0.4, -0.2) is 15.7 Å². The maximum Gasteiger partial charge on any atom is 0.194 e. The van der Waals surface area contributed by atoms with E-state index in [1.54, 1.807) is 30.6 Å². The number of nitrogens with zero attached hydrogens (tertiary/aromatic N) is 3.